The third-order valence-electron chi connectivity index (χ3n) is 5.38. The minimum absolute atomic E-state index is 0.0722. The molecule has 0 spiro atoms. The monoisotopic (exact) mass is 459 g/mol. The maximum absolute atomic E-state index is 13.4. The Morgan fingerprint density at radius 1 is 0.912 bits per heavy atom. The molecular weight excluding hydrogens is 430 g/mol. The summed E-state index contributed by atoms with van der Waals surface area (Å²) in [6.07, 6.45) is 2.44. The van der Waals surface area contributed by atoms with Crippen molar-refractivity contribution >= 4 is 11.9 Å². The number of aryl methyl sites for hydroxylation is 1. The van der Waals surface area contributed by atoms with Gasteiger partial charge in [0.25, 0.3) is 0 Å². The van der Waals surface area contributed by atoms with Gasteiger partial charge in [-0.15, -0.1) is 0 Å². The number of ether oxygens (including phenoxy) is 3. The fourth-order valence-electron chi connectivity index (χ4n) is 3.71. The van der Waals surface area contributed by atoms with Gasteiger partial charge in [-0.1, -0.05) is 69.0 Å². The SMILES string of the molecule is C=CCOC(=O)c1c(CC)nc(-c2ccccc2)c(C(=O)OCc2ccc(OC)cc2)c1CC. The zero-order chi connectivity index (χ0) is 24.5. The molecule has 0 aliphatic heterocycles. The van der Waals surface area contributed by atoms with E-state index >= 15 is 0 Å². The number of carbonyl (C=O) groups is 2. The van der Waals surface area contributed by atoms with Gasteiger partial charge in [0, 0.05) is 5.56 Å². The van der Waals surface area contributed by atoms with Gasteiger partial charge in [-0.25, -0.2) is 9.59 Å². The smallest absolute Gasteiger partial charge is 0.341 e. The molecule has 34 heavy (non-hydrogen) atoms. The Balaban J connectivity index is 2.09. The van der Waals surface area contributed by atoms with Gasteiger partial charge in [0.05, 0.1) is 29.6 Å². The Hall–Kier alpha value is -3.93. The van der Waals surface area contributed by atoms with Gasteiger partial charge in [-0.2, -0.15) is 0 Å². The number of esters is 2. The molecule has 0 saturated carbocycles. The molecule has 0 fully saturated rings. The minimum atomic E-state index is -0.542. The first-order chi connectivity index (χ1) is 16.5. The lowest BCUT2D eigenvalue weighted by atomic mass is 9.92. The fraction of sp³-hybridized carbons (Fsp3) is 0.250. The van der Waals surface area contributed by atoms with Crippen molar-refractivity contribution in [2.75, 3.05) is 13.7 Å². The van der Waals surface area contributed by atoms with Crippen LogP contribution in [0.25, 0.3) is 11.3 Å². The summed E-state index contributed by atoms with van der Waals surface area (Å²) in [7, 11) is 1.59. The van der Waals surface area contributed by atoms with Crippen molar-refractivity contribution in [3.05, 3.63) is 95.2 Å². The van der Waals surface area contributed by atoms with E-state index in [1.54, 1.807) is 19.2 Å². The van der Waals surface area contributed by atoms with Gasteiger partial charge < -0.3 is 14.2 Å². The second-order valence-electron chi connectivity index (χ2n) is 7.52. The molecule has 0 saturated heterocycles. The van der Waals surface area contributed by atoms with Crippen LogP contribution in [0.4, 0.5) is 0 Å². The first-order valence-electron chi connectivity index (χ1n) is 11.2. The molecule has 6 nitrogen and oxygen atoms in total. The van der Waals surface area contributed by atoms with Crippen LogP contribution >= 0.6 is 0 Å². The molecule has 2 aromatic carbocycles. The highest BCUT2D eigenvalue weighted by Crippen LogP contribution is 2.31. The second-order valence-corrected chi connectivity index (χ2v) is 7.52. The van der Waals surface area contributed by atoms with Crippen LogP contribution in [-0.4, -0.2) is 30.6 Å². The van der Waals surface area contributed by atoms with Crippen molar-refractivity contribution in [3.63, 3.8) is 0 Å². The number of methoxy groups -OCH3 is 1. The Morgan fingerprint density at radius 2 is 1.59 bits per heavy atom. The van der Waals surface area contributed by atoms with Crippen LogP contribution in [-0.2, 0) is 28.9 Å². The Morgan fingerprint density at radius 3 is 2.18 bits per heavy atom. The zero-order valence-electron chi connectivity index (χ0n) is 19.8. The van der Waals surface area contributed by atoms with Crippen LogP contribution in [0.15, 0.2) is 67.3 Å². The summed E-state index contributed by atoms with van der Waals surface area (Å²) in [5.74, 6) is -0.346. The molecule has 3 rings (SSSR count). The number of benzene rings is 2. The van der Waals surface area contributed by atoms with Crippen LogP contribution in [0.5, 0.6) is 5.75 Å². The first kappa shape index (κ1) is 24.7. The van der Waals surface area contributed by atoms with Crippen LogP contribution in [0.3, 0.4) is 0 Å². The minimum Gasteiger partial charge on any atom is -0.497 e. The van der Waals surface area contributed by atoms with Gasteiger partial charge in [0.2, 0.25) is 0 Å². The molecular formula is C28H29NO5. The van der Waals surface area contributed by atoms with E-state index in [9.17, 15) is 9.59 Å². The summed E-state index contributed by atoms with van der Waals surface area (Å²) in [6, 6.07) is 16.7. The average molecular weight is 460 g/mol. The van der Waals surface area contributed by atoms with E-state index in [1.807, 2.05) is 56.3 Å². The lowest BCUT2D eigenvalue weighted by Crippen LogP contribution is -2.20. The predicted octanol–water partition coefficient (Wildman–Crippen LogP) is 5.58. The van der Waals surface area contributed by atoms with E-state index in [-0.39, 0.29) is 18.8 Å². The molecule has 3 aromatic rings. The van der Waals surface area contributed by atoms with Crippen molar-refractivity contribution in [2.24, 2.45) is 0 Å². The summed E-state index contributed by atoms with van der Waals surface area (Å²) in [6.45, 7) is 7.56. The third-order valence-corrected chi connectivity index (χ3v) is 5.38. The molecule has 0 unspecified atom stereocenters. The van der Waals surface area contributed by atoms with Crippen LogP contribution < -0.4 is 4.74 Å². The molecule has 0 aliphatic rings. The molecule has 6 heteroatoms. The molecule has 0 radical (unpaired) electrons. The van der Waals surface area contributed by atoms with E-state index in [0.29, 0.717) is 35.4 Å². The van der Waals surface area contributed by atoms with Gasteiger partial charge in [-0.3, -0.25) is 4.98 Å². The van der Waals surface area contributed by atoms with Crippen molar-refractivity contribution in [3.8, 4) is 17.0 Å². The van der Waals surface area contributed by atoms with E-state index < -0.39 is 11.9 Å². The summed E-state index contributed by atoms with van der Waals surface area (Å²) in [5.41, 5.74) is 3.84. The van der Waals surface area contributed by atoms with E-state index in [0.717, 1.165) is 16.9 Å². The highest BCUT2D eigenvalue weighted by Gasteiger charge is 2.28. The molecule has 1 heterocycles. The Labute approximate surface area is 200 Å². The maximum atomic E-state index is 13.4. The molecule has 0 amide bonds. The summed E-state index contributed by atoms with van der Waals surface area (Å²) in [4.78, 5) is 31.2. The number of pyridine rings is 1. The van der Waals surface area contributed by atoms with Crippen LogP contribution in [0, 0.1) is 0 Å². The van der Waals surface area contributed by atoms with Crippen molar-refractivity contribution in [2.45, 2.75) is 33.3 Å². The van der Waals surface area contributed by atoms with Gasteiger partial charge in [0.15, 0.2) is 0 Å². The van der Waals surface area contributed by atoms with Crippen LogP contribution in [0.2, 0.25) is 0 Å². The predicted molar refractivity (Wildman–Crippen MR) is 131 cm³/mol. The van der Waals surface area contributed by atoms with Gasteiger partial charge >= 0.3 is 11.9 Å². The summed E-state index contributed by atoms with van der Waals surface area (Å²) < 4.78 is 16.2. The Kier molecular flexibility index (Phi) is 8.57. The second kappa shape index (κ2) is 11.8. The number of aromatic nitrogens is 1. The average Bonchev–Trinajstić information content (AvgIpc) is 2.89. The summed E-state index contributed by atoms with van der Waals surface area (Å²) >= 11 is 0. The Bertz CT molecular complexity index is 1150. The van der Waals surface area contributed by atoms with E-state index in [1.165, 1.54) is 6.08 Å². The highest BCUT2D eigenvalue weighted by atomic mass is 16.5. The van der Waals surface area contributed by atoms with Gasteiger partial charge in [0.1, 0.15) is 19.0 Å². The molecule has 0 bridgehead atoms. The molecule has 0 atom stereocenters. The lowest BCUT2D eigenvalue weighted by molar-refractivity contribution is 0.0471. The first-order valence-corrected chi connectivity index (χ1v) is 11.2. The van der Waals surface area contributed by atoms with Crippen molar-refractivity contribution in [1.29, 1.82) is 0 Å². The quantitative estimate of drug-likeness (QED) is 0.291. The fourth-order valence-corrected chi connectivity index (χ4v) is 3.71. The normalized spacial score (nSPS) is 10.4. The van der Waals surface area contributed by atoms with Gasteiger partial charge in [-0.05, 0) is 36.1 Å². The molecule has 0 N–H and O–H groups in total. The van der Waals surface area contributed by atoms with Crippen molar-refractivity contribution in [1.82, 2.24) is 4.98 Å². The highest BCUT2D eigenvalue weighted by molar-refractivity contribution is 6.03. The van der Waals surface area contributed by atoms with Crippen molar-refractivity contribution < 1.29 is 23.8 Å². The third kappa shape index (κ3) is 5.52. The number of carbonyl (C=O) groups excluding carboxylic acids is 2. The summed E-state index contributed by atoms with van der Waals surface area (Å²) in [5, 5.41) is 0. The largest absolute Gasteiger partial charge is 0.497 e. The zero-order valence-corrected chi connectivity index (χ0v) is 19.8. The van der Waals surface area contributed by atoms with E-state index in [4.69, 9.17) is 19.2 Å². The standard InChI is InChI=1S/C28H29NO5/c1-5-17-33-27(30)24-22(6-2)25(26(29-23(24)7-3)20-11-9-8-10-12-20)28(31)34-18-19-13-15-21(32-4)16-14-19/h5,8-16H,1,6-7,17-18H2,2-4H3. The number of rotatable bonds is 10. The molecule has 176 valence electrons. The van der Waals surface area contributed by atoms with E-state index in [2.05, 4.69) is 6.58 Å². The molecule has 1 aromatic heterocycles. The maximum Gasteiger partial charge on any atom is 0.341 e. The topological polar surface area (TPSA) is 74.7 Å². The molecule has 0 aliphatic carbocycles. The number of nitrogens with zero attached hydrogens (tertiary/aromatic N) is 1. The number of hydrogen-bond donors (Lipinski definition) is 0. The number of hydrogen-bond acceptors (Lipinski definition) is 6. The van der Waals surface area contributed by atoms with Crippen LogP contribution in [0.1, 0.15) is 51.4 Å². The lowest BCUT2D eigenvalue weighted by Gasteiger charge is -2.19.